The summed E-state index contributed by atoms with van der Waals surface area (Å²) in [4.78, 5) is 6.53. The van der Waals surface area contributed by atoms with Crippen molar-refractivity contribution in [2.75, 3.05) is 0 Å². The van der Waals surface area contributed by atoms with E-state index >= 15 is 0 Å². The molecule has 84 valence electrons. The highest BCUT2D eigenvalue weighted by Crippen LogP contribution is 2.24. The van der Waals surface area contributed by atoms with Gasteiger partial charge in [-0.2, -0.15) is 13.2 Å². The maximum Gasteiger partial charge on any atom is 0.448 e. The number of aromatic amines is 1. The molecule has 0 amide bonds. The van der Waals surface area contributed by atoms with E-state index in [1.165, 1.54) is 0 Å². The van der Waals surface area contributed by atoms with E-state index in [0.717, 1.165) is 0 Å². The van der Waals surface area contributed by atoms with Crippen LogP contribution in [0.25, 0.3) is 17.1 Å². The van der Waals surface area contributed by atoms with Gasteiger partial charge in [0.15, 0.2) is 0 Å². The highest BCUT2D eigenvalue weighted by atomic mass is 19.4. The summed E-state index contributed by atoms with van der Waals surface area (Å²) in [6.45, 7) is 0. The molecule has 0 spiro atoms. The van der Waals surface area contributed by atoms with Crippen molar-refractivity contribution in [3.63, 3.8) is 0 Å². The number of rotatable bonds is 1. The van der Waals surface area contributed by atoms with Crippen LogP contribution in [0.1, 0.15) is 5.82 Å². The molecule has 2 rings (SSSR count). The number of allylic oxidation sites excluding steroid dienone is 1. The van der Waals surface area contributed by atoms with E-state index < -0.39 is 11.9 Å². The Morgan fingerprint density at radius 1 is 1.31 bits per heavy atom. The van der Waals surface area contributed by atoms with Crippen LogP contribution in [-0.4, -0.2) is 21.3 Å². The number of aliphatic hydroxyl groups excluding tert-OH is 1. The summed E-state index contributed by atoms with van der Waals surface area (Å²) in [5.41, 5.74) is 1.16. The van der Waals surface area contributed by atoms with Gasteiger partial charge in [0.05, 0.1) is 11.0 Å². The third-order valence-corrected chi connectivity index (χ3v) is 1.97. The Hall–Kier alpha value is -1.98. The molecule has 1 aromatic carbocycles. The van der Waals surface area contributed by atoms with E-state index in [1.807, 2.05) is 0 Å². The molecule has 0 bridgehead atoms. The number of hydrogen-bond donors (Lipinski definition) is 2. The van der Waals surface area contributed by atoms with Gasteiger partial charge in [0.1, 0.15) is 5.82 Å². The lowest BCUT2D eigenvalue weighted by atomic mass is 10.3. The Kier molecular flexibility index (Phi) is 2.34. The second kappa shape index (κ2) is 3.55. The van der Waals surface area contributed by atoms with Crippen molar-refractivity contribution in [2.24, 2.45) is 0 Å². The lowest BCUT2D eigenvalue weighted by molar-refractivity contribution is -0.119. The Morgan fingerprint density at radius 2 is 2.00 bits per heavy atom. The smallest absolute Gasteiger partial charge is 0.448 e. The molecule has 0 aliphatic rings. The first-order valence-electron chi connectivity index (χ1n) is 4.39. The number of aliphatic hydroxyl groups is 1. The highest BCUT2D eigenvalue weighted by molar-refractivity contribution is 5.76. The van der Waals surface area contributed by atoms with Gasteiger partial charge < -0.3 is 10.1 Å². The zero-order valence-corrected chi connectivity index (χ0v) is 7.92. The van der Waals surface area contributed by atoms with E-state index in [-0.39, 0.29) is 5.82 Å². The Morgan fingerprint density at radius 3 is 2.62 bits per heavy atom. The monoisotopic (exact) mass is 228 g/mol. The maximum atomic E-state index is 12.0. The number of para-hydroxylation sites is 2. The molecule has 0 saturated carbocycles. The summed E-state index contributed by atoms with van der Waals surface area (Å²) in [6.07, 6.45) is -4.20. The van der Waals surface area contributed by atoms with Crippen LogP contribution in [-0.2, 0) is 0 Å². The molecule has 2 aromatic rings. The van der Waals surface area contributed by atoms with Crippen LogP contribution in [0, 0.1) is 0 Å². The van der Waals surface area contributed by atoms with Gasteiger partial charge in [-0.05, 0) is 12.1 Å². The summed E-state index contributed by atoms with van der Waals surface area (Å²) in [5.74, 6) is -1.71. The van der Waals surface area contributed by atoms with E-state index in [9.17, 15) is 13.2 Å². The number of hydrogen-bond acceptors (Lipinski definition) is 2. The van der Waals surface area contributed by atoms with Crippen molar-refractivity contribution < 1.29 is 18.3 Å². The number of alkyl halides is 3. The fourth-order valence-corrected chi connectivity index (χ4v) is 1.25. The molecule has 16 heavy (non-hydrogen) atoms. The van der Waals surface area contributed by atoms with Crippen molar-refractivity contribution in [3.05, 3.63) is 35.8 Å². The van der Waals surface area contributed by atoms with E-state index in [2.05, 4.69) is 9.97 Å². The van der Waals surface area contributed by atoms with Crippen molar-refractivity contribution in [3.8, 4) is 0 Å². The van der Waals surface area contributed by atoms with Gasteiger partial charge >= 0.3 is 6.18 Å². The molecule has 3 nitrogen and oxygen atoms in total. The lowest BCUT2D eigenvalue weighted by Gasteiger charge is -2.02. The van der Waals surface area contributed by atoms with Gasteiger partial charge in [0.25, 0.3) is 0 Å². The normalized spacial score (nSPS) is 13.3. The van der Waals surface area contributed by atoms with Crippen molar-refractivity contribution in [1.29, 1.82) is 0 Å². The Balaban J connectivity index is 2.42. The standard InChI is InChI=1S/C10H7F3N2O/c11-10(12,13)8(16)5-9-14-6-3-1-2-4-7(6)15-9/h1-5,16H,(H,14,15)/b8-5-. The largest absolute Gasteiger partial charge is 0.504 e. The van der Waals surface area contributed by atoms with Crippen molar-refractivity contribution in [1.82, 2.24) is 9.97 Å². The number of fused-ring (bicyclic) bond motifs is 1. The third-order valence-electron chi connectivity index (χ3n) is 1.97. The number of aromatic nitrogens is 2. The van der Waals surface area contributed by atoms with Crippen LogP contribution in [0.5, 0.6) is 0 Å². The minimum absolute atomic E-state index is 0.0315. The van der Waals surface area contributed by atoms with Crippen molar-refractivity contribution >= 4 is 17.1 Å². The van der Waals surface area contributed by atoms with Crippen LogP contribution in [0.3, 0.4) is 0 Å². The van der Waals surface area contributed by atoms with Gasteiger partial charge in [0.2, 0.25) is 5.76 Å². The second-order valence-corrected chi connectivity index (χ2v) is 3.17. The summed E-state index contributed by atoms with van der Waals surface area (Å²) in [6, 6.07) is 6.80. The van der Waals surface area contributed by atoms with Crippen LogP contribution < -0.4 is 0 Å². The average Bonchev–Trinajstić information content (AvgIpc) is 2.58. The Bertz CT molecular complexity index is 509. The number of benzene rings is 1. The first-order chi connectivity index (χ1) is 7.47. The van der Waals surface area contributed by atoms with Crippen LogP contribution in [0.15, 0.2) is 30.0 Å². The topological polar surface area (TPSA) is 48.9 Å². The first kappa shape index (κ1) is 10.5. The third kappa shape index (κ3) is 2.00. The zero-order valence-electron chi connectivity index (χ0n) is 7.92. The SMILES string of the molecule is O/C(=C\c1nc2ccccc2[nH]1)C(F)(F)F. The van der Waals surface area contributed by atoms with Crippen LogP contribution in [0.2, 0.25) is 0 Å². The number of imidazole rings is 1. The van der Waals surface area contributed by atoms with Crippen LogP contribution in [0.4, 0.5) is 13.2 Å². The quantitative estimate of drug-likeness (QED) is 0.737. The Labute approximate surface area is 88.2 Å². The number of nitrogens with one attached hydrogen (secondary N) is 1. The van der Waals surface area contributed by atoms with Gasteiger partial charge in [-0.25, -0.2) is 4.98 Å². The molecule has 1 aromatic heterocycles. The molecule has 0 atom stereocenters. The number of H-pyrrole nitrogens is 1. The molecule has 0 unspecified atom stereocenters. The number of nitrogens with zero attached hydrogens (tertiary/aromatic N) is 1. The fraction of sp³-hybridized carbons (Fsp3) is 0.100. The predicted octanol–water partition coefficient (Wildman–Crippen LogP) is 3.02. The molecule has 0 saturated heterocycles. The summed E-state index contributed by atoms with van der Waals surface area (Å²) < 4.78 is 36.1. The molecule has 1 heterocycles. The fourth-order valence-electron chi connectivity index (χ4n) is 1.25. The summed E-state index contributed by atoms with van der Waals surface area (Å²) in [7, 11) is 0. The highest BCUT2D eigenvalue weighted by Gasteiger charge is 2.33. The molecule has 0 fully saturated rings. The first-order valence-corrected chi connectivity index (χ1v) is 4.39. The minimum atomic E-state index is -4.75. The van der Waals surface area contributed by atoms with Gasteiger partial charge in [0, 0.05) is 6.08 Å². The number of halogens is 3. The summed E-state index contributed by atoms with van der Waals surface area (Å²) in [5, 5.41) is 8.74. The van der Waals surface area contributed by atoms with E-state index in [0.29, 0.717) is 17.1 Å². The van der Waals surface area contributed by atoms with E-state index in [1.54, 1.807) is 24.3 Å². The maximum absolute atomic E-state index is 12.0. The van der Waals surface area contributed by atoms with Gasteiger partial charge in [-0.1, -0.05) is 12.1 Å². The molecule has 6 heteroatoms. The van der Waals surface area contributed by atoms with Gasteiger partial charge in [-0.3, -0.25) is 0 Å². The molecule has 2 N–H and O–H groups in total. The minimum Gasteiger partial charge on any atom is -0.504 e. The van der Waals surface area contributed by atoms with Crippen LogP contribution >= 0.6 is 0 Å². The summed E-state index contributed by atoms with van der Waals surface area (Å²) >= 11 is 0. The average molecular weight is 228 g/mol. The molecular weight excluding hydrogens is 221 g/mol. The van der Waals surface area contributed by atoms with E-state index in [4.69, 9.17) is 5.11 Å². The second-order valence-electron chi connectivity index (χ2n) is 3.17. The molecule has 0 aliphatic heterocycles. The van der Waals surface area contributed by atoms with Gasteiger partial charge in [-0.15, -0.1) is 0 Å². The van der Waals surface area contributed by atoms with Crippen molar-refractivity contribution in [2.45, 2.75) is 6.18 Å². The molecule has 0 radical (unpaired) electrons. The predicted molar refractivity (Wildman–Crippen MR) is 52.8 cm³/mol. The zero-order chi connectivity index (χ0) is 11.8. The molecular formula is C10H7F3N2O. The molecule has 0 aliphatic carbocycles. The lowest BCUT2D eigenvalue weighted by Crippen LogP contribution is -2.10.